The van der Waals surface area contributed by atoms with Crippen molar-refractivity contribution in [1.29, 1.82) is 0 Å². The monoisotopic (exact) mass is 444 g/mol. The van der Waals surface area contributed by atoms with E-state index in [-0.39, 0.29) is 0 Å². The second kappa shape index (κ2) is 7.09. The van der Waals surface area contributed by atoms with E-state index in [0.29, 0.717) is 6.71 Å². The molecule has 0 fully saturated rings. The van der Waals surface area contributed by atoms with Gasteiger partial charge in [-0.25, -0.2) is 0 Å². The van der Waals surface area contributed by atoms with Crippen molar-refractivity contribution in [2.75, 3.05) is 0 Å². The minimum atomic E-state index is 0.334. The van der Waals surface area contributed by atoms with Gasteiger partial charge in [-0.05, 0) is 87.4 Å². The van der Waals surface area contributed by atoms with Gasteiger partial charge in [-0.2, -0.15) is 0 Å². The van der Waals surface area contributed by atoms with E-state index in [9.17, 15) is 0 Å². The summed E-state index contributed by atoms with van der Waals surface area (Å²) >= 11 is 0. The topological polar surface area (TPSA) is 0 Å². The summed E-state index contributed by atoms with van der Waals surface area (Å²) in [5.41, 5.74) is 20.6. The molecule has 5 aromatic carbocycles. The van der Waals surface area contributed by atoms with E-state index in [1.165, 1.54) is 72.1 Å². The zero-order valence-corrected chi connectivity index (χ0v) is 19.9. The van der Waals surface area contributed by atoms with E-state index < -0.39 is 0 Å². The highest BCUT2D eigenvalue weighted by Crippen LogP contribution is 2.45. The Morgan fingerprint density at radius 3 is 1.97 bits per heavy atom. The summed E-state index contributed by atoms with van der Waals surface area (Å²) in [6, 6.07) is 36.9. The van der Waals surface area contributed by atoms with Crippen LogP contribution in [0.1, 0.15) is 38.9 Å². The van der Waals surface area contributed by atoms with Gasteiger partial charge in [0.05, 0.1) is 0 Å². The average Bonchev–Trinajstić information content (AvgIpc) is 3.29. The van der Waals surface area contributed by atoms with E-state index in [1.54, 1.807) is 5.46 Å². The minimum Gasteiger partial charge on any atom is -0.0667 e. The molecular weight excluding hydrogens is 419 g/mol. The van der Waals surface area contributed by atoms with Crippen LogP contribution in [0.4, 0.5) is 0 Å². The third-order valence-electron chi connectivity index (χ3n) is 8.70. The van der Waals surface area contributed by atoms with Crippen LogP contribution in [0.5, 0.6) is 0 Å². The lowest BCUT2D eigenvalue weighted by Crippen LogP contribution is -2.61. The van der Waals surface area contributed by atoms with Crippen molar-refractivity contribution < 1.29 is 0 Å². The molecular formula is C34H25B. The number of aryl methyl sites for hydroxylation is 1. The highest BCUT2D eigenvalue weighted by molar-refractivity contribution is 6.97. The zero-order chi connectivity index (χ0) is 23.1. The Balaban J connectivity index is 1.42. The van der Waals surface area contributed by atoms with E-state index >= 15 is 0 Å². The fraction of sp³-hybridized carbons (Fsp3) is 0.118. The number of rotatable bonds is 1. The van der Waals surface area contributed by atoms with Gasteiger partial charge in [0.1, 0.15) is 0 Å². The number of hydrogen-bond donors (Lipinski definition) is 0. The first kappa shape index (κ1) is 19.5. The predicted octanol–water partition coefficient (Wildman–Crippen LogP) is 5.56. The van der Waals surface area contributed by atoms with E-state index in [2.05, 4.69) is 104 Å². The third-order valence-corrected chi connectivity index (χ3v) is 8.70. The Labute approximate surface area is 207 Å². The van der Waals surface area contributed by atoms with Gasteiger partial charge < -0.3 is 0 Å². The molecule has 0 saturated carbocycles. The first-order chi connectivity index (χ1) is 17.3. The predicted molar refractivity (Wildman–Crippen MR) is 148 cm³/mol. The summed E-state index contributed by atoms with van der Waals surface area (Å²) in [4.78, 5) is 0. The molecule has 164 valence electrons. The Morgan fingerprint density at radius 2 is 1.14 bits per heavy atom. The largest absolute Gasteiger partial charge is 0.242 e. The van der Waals surface area contributed by atoms with Crippen molar-refractivity contribution in [3.63, 3.8) is 0 Å². The number of hydrogen-bond acceptors (Lipinski definition) is 0. The molecule has 0 radical (unpaired) electrons. The maximum absolute atomic E-state index is 2.43. The number of benzene rings is 5. The highest BCUT2D eigenvalue weighted by atomic mass is 14.3. The molecule has 0 N–H and O–H groups in total. The fourth-order valence-corrected chi connectivity index (χ4v) is 7.15. The van der Waals surface area contributed by atoms with Crippen LogP contribution < -0.4 is 16.4 Å². The zero-order valence-electron chi connectivity index (χ0n) is 19.9. The highest BCUT2D eigenvalue weighted by Gasteiger charge is 2.38. The average molecular weight is 444 g/mol. The van der Waals surface area contributed by atoms with Crippen LogP contribution in [-0.2, 0) is 19.3 Å². The summed E-state index contributed by atoms with van der Waals surface area (Å²) in [6.45, 7) is 2.59. The fourth-order valence-electron chi connectivity index (χ4n) is 7.15. The minimum absolute atomic E-state index is 0.334. The van der Waals surface area contributed by atoms with Gasteiger partial charge in [0.25, 0.3) is 0 Å². The Kier molecular flexibility index (Phi) is 3.94. The van der Waals surface area contributed by atoms with Gasteiger partial charge in [-0.1, -0.05) is 113 Å². The van der Waals surface area contributed by atoms with E-state index in [4.69, 9.17) is 0 Å². The van der Waals surface area contributed by atoms with Crippen LogP contribution >= 0.6 is 0 Å². The van der Waals surface area contributed by atoms with Gasteiger partial charge in [0.2, 0.25) is 6.71 Å². The lowest BCUT2D eigenvalue weighted by Gasteiger charge is -2.35. The molecule has 1 heteroatoms. The third kappa shape index (κ3) is 2.64. The van der Waals surface area contributed by atoms with Crippen molar-refractivity contribution in [1.82, 2.24) is 0 Å². The summed E-state index contributed by atoms with van der Waals surface area (Å²) in [5.74, 6) is 0. The van der Waals surface area contributed by atoms with Gasteiger partial charge in [0, 0.05) is 0 Å². The number of fused-ring (bicyclic) bond motifs is 7. The van der Waals surface area contributed by atoms with Crippen molar-refractivity contribution in [2.24, 2.45) is 0 Å². The second-order valence-corrected chi connectivity index (χ2v) is 10.5. The summed E-state index contributed by atoms with van der Waals surface area (Å²) < 4.78 is 0. The van der Waals surface area contributed by atoms with Crippen molar-refractivity contribution in [2.45, 2.75) is 26.2 Å². The molecule has 2 aliphatic heterocycles. The lowest BCUT2D eigenvalue weighted by molar-refractivity contribution is 1.15. The molecule has 0 spiro atoms. The first-order valence-corrected chi connectivity index (χ1v) is 12.8. The molecule has 8 rings (SSSR count). The molecule has 5 aromatic rings. The van der Waals surface area contributed by atoms with Crippen LogP contribution in [0.15, 0.2) is 97.1 Å². The summed E-state index contributed by atoms with van der Waals surface area (Å²) in [6.07, 6.45) is 3.09. The van der Waals surface area contributed by atoms with E-state index in [0.717, 1.165) is 19.3 Å². The first-order valence-electron chi connectivity index (χ1n) is 12.8. The van der Waals surface area contributed by atoms with Gasteiger partial charge >= 0.3 is 0 Å². The van der Waals surface area contributed by atoms with E-state index in [1.807, 2.05) is 0 Å². The molecule has 35 heavy (non-hydrogen) atoms. The van der Waals surface area contributed by atoms with Crippen molar-refractivity contribution in [3.8, 4) is 22.3 Å². The maximum atomic E-state index is 2.43. The summed E-state index contributed by atoms with van der Waals surface area (Å²) in [5, 5.41) is 0. The SMILES string of the molecule is Cc1cccc2c1Cc1cccc(-c3ccc4c5c3Cc3ccccc3B5c3ccccc3C4)c1-2. The molecule has 1 aliphatic carbocycles. The Hall–Kier alpha value is -3.84. The standard InChI is InChI=1S/C34H25B/c1-21-8-6-12-28-29(21)20-24-11-7-13-27(33(24)28)26-17-16-25-18-22-9-2-4-14-31(22)35-32-15-5-3-10-23(32)19-30(26)34(25)35/h2-17H,18-20H2,1H3. The maximum Gasteiger partial charge on any atom is 0.242 e. The molecule has 0 atom stereocenters. The molecule has 0 bridgehead atoms. The van der Waals surface area contributed by atoms with Crippen LogP contribution in [0, 0.1) is 6.92 Å². The second-order valence-electron chi connectivity index (χ2n) is 10.5. The molecule has 0 aromatic heterocycles. The van der Waals surface area contributed by atoms with Crippen LogP contribution in [0.3, 0.4) is 0 Å². The molecule has 0 unspecified atom stereocenters. The van der Waals surface area contributed by atoms with Crippen molar-refractivity contribution in [3.05, 3.63) is 136 Å². The van der Waals surface area contributed by atoms with Gasteiger partial charge in [-0.15, -0.1) is 0 Å². The molecule has 2 heterocycles. The van der Waals surface area contributed by atoms with Crippen LogP contribution in [0.2, 0.25) is 0 Å². The van der Waals surface area contributed by atoms with Crippen LogP contribution in [-0.4, -0.2) is 6.71 Å². The smallest absolute Gasteiger partial charge is 0.0667 e. The molecule has 3 aliphatic rings. The quantitative estimate of drug-likeness (QED) is 0.291. The van der Waals surface area contributed by atoms with Gasteiger partial charge in [0.15, 0.2) is 0 Å². The Morgan fingerprint density at radius 1 is 0.486 bits per heavy atom. The van der Waals surface area contributed by atoms with Gasteiger partial charge in [-0.3, -0.25) is 0 Å². The summed E-state index contributed by atoms with van der Waals surface area (Å²) in [7, 11) is 0. The lowest BCUT2D eigenvalue weighted by atomic mass is 9.30. The van der Waals surface area contributed by atoms with Crippen LogP contribution in [0.25, 0.3) is 22.3 Å². The normalized spacial score (nSPS) is 14.0. The molecule has 0 nitrogen and oxygen atoms in total. The molecule has 0 saturated heterocycles. The molecule has 0 amide bonds. The van der Waals surface area contributed by atoms with Crippen molar-refractivity contribution >= 4 is 23.1 Å². The Bertz CT molecular complexity index is 1680.